The minimum Gasteiger partial charge on any atom is -0.465 e. The van der Waals surface area contributed by atoms with Gasteiger partial charge >= 0.3 is 5.97 Å². The Balaban J connectivity index is 1.26. The van der Waals surface area contributed by atoms with Gasteiger partial charge in [-0.1, -0.05) is 0 Å². The molecule has 1 spiro atoms. The van der Waals surface area contributed by atoms with Crippen molar-refractivity contribution in [3.8, 4) is 0 Å². The van der Waals surface area contributed by atoms with Gasteiger partial charge in [0.25, 0.3) is 0 Å². The van der Waals surface area contributed by atoms with Crippen LogP contribution in [0.5, 0.6) is 0 Å². The molecule has 1 aromatic rings. The number of rotatable bonds is 6. The Kier molecular flexibility index (Phi) is 5.79. The maximum absolute atomic E-state index is 14.0. The molecule has 4 fully saturated rings. The lowest BCUT2D eigenvalue weighted by molar-refractivity contribution is -0.155. The lowest BCUT2D eigenvalue weighted by Gasteiger charge is -2.29. The van der Waals surface area contributed by atoms with E-state index >= 15 is 0 Å². The molecule has 31 heavy (non-hydrogen) atoms. The smallest absolute Gasteiger partial charge is 0.310 e. The number of alkyl halides is 1. The van der Waals surface area contributed by atoms with Gasteiger partial charge in [-0.2, -0.15) is 0 Å². The second-order valence-electron chi connectivity index (χ2n) is 9.66. The zero-order chi connectivity index (χ0) is 21.6. The fourth-order valence-corrected chi connectivity index (χ4v) is 6.84. The SMILES string of the molecule is O=C(OCC[C@@H]1CCNC[C@@H]1F)[C@H]1[C@H](C(=O)Nc2ccc(Br)nc2)[C@@H]2CC[C@H]1C21CC1. The zero-order valence-electron chi connectivity index (χ0n) is 17.5. The molecule has 2 heterocycles. The minimum absolute atomic E-state index is 0.0622. The number of piperidine rings is 1. The van der Waals surface area contributed by atoms with Gasteiger partial charge < -0.3 is 15.4 Å². The quantitative estimate of drug-likeness (QED) is 0.466. The van der Waals surface area contributed by atoms with Crippen molar-refractivity contribution in [2.45, 2.75) is 44.7 Å². The number of ether oxygens (including phenoxy) is 1. The summed E-state index contributed by atoms with van der Waals surface area (Å²) in [7, 11) is 0. The first-order chi connectivity index (χ1) is 15.0. The number of hydrogen-bond donors (Lipinski definition) is 2. The summed E-state index contributed by atoms with van der Waals surface area (Å²) in [6.07, 6.45) is 6.25. The Hall–Kier alpha value is -1.54. The maximum Gasteiger partial charge on any atom is 0.310 e. The number of pyridine rings is 1. The van der Waals surface area contributed by atoms with Crippen LogP contribution in [0.1, 0.15) is 38.5 Å². The summed E-state index contributed by atoms with van der Waals surface area (Å²) in [6.45, 7) is 1.41. The largest absolute Gasteiger partial charge is 0.465 e. The van der Waals surface area contributed by atoms with Gasteiger partial charge in [0, 0.05) is 6.54 Å². The lowest BCUT2D eigenvalue weighted by Crippen LogP contribution is -2.40. The third-order valence-electron chi connectivity index (χ3n) is 8.19. The molecule has 3 saturated carbocycles. The fourth-order valence-electron chi connectivity index (χ4n) is 6.61. The van der Waals surface area contributed by atoms with E-state index in [2.05, 4.69) is 31.5 Å². The molecule has 0 radical (unpaired) electrons. The van der Waals surface area contributed by atoms with Crippen LogP contribution in [0.4, 0.5) is 10.1 Å². The van der Waals surface area contributed by atoms with Gasteiger partial charge in [-0.3, -0.25) is 9.59 Å². The van der Waals surface area contributed by atoms with Crippen molar-refractivity contribution in [3.63, 3.8) is 0 Å². The van der Waals surface area contributed by atoms with Crippen LogP contribution in [0.25, 0.3) is 0 Å². The van der Waals surface area contributed by atoms with Crippen LogP contribution in [0.15, 0.2) is 22.9 Å². The molecule has 3 aliphatic carbocycles. The average Bonchev–Trinajstić information content (AvgIpc) is 3.43. The first-order valence-electron chi connectivity index (χ1n) is 11.4. The zero-order valence-corrected chi connectivity index (χ0v) is 19.1. The maximum atomic E-state index is 14.0. The second-order valence-corrected chi connectivity index (χ2v) is 10.5. The number of halogens is 2. The van der Waals surface area contributed by atoms with E-state index in [4.69, 9.17) is 4.74 Å². The summed E-state index contributed by atoms with van der Waals surface area (Å²) < 4.78 is 20.4. The number of hydrogen-bond acceptors (Lipinski definition) is 5. The van der Waals surface area contributed by atoms with Crippen molar-refractivity contribution >= 4 is 33.5 Å². The molecule has 1 aliphatic heterocycles. The molecular weight excluding hydrogens is 465 g/mol. The van der Waals surface area contributed by atoms with Crippen LogP contribution in [0.3, 0.4) is 0 Å². The number of aromatic nitrogens is 1. The molecular formula is C23H29BrFN3O3. The minimum atomic E-state index is -0.886. The van der Waals surface area contributed by atoms with Gasteiger partial charge in [0.05, 0.1) is 30.3 Å². The lowest BCUT2D eigenvalue weighted by atomic mass is 9.78. The molecule has 1 saturated heterocycles. The molecule has 1 aromatic heterocycles. The van der Waals surface area contributed by atoms with E-state index in [1.165, 1.54) is 0 Å². The first-order valence-corrected chi connectivity index (χ1v) is 12.2. The Morgan fingerprint density at radius 1 is 1.23 bits per heavy atom. The monoisotopic (exact) mass is 493 g/mol. The number of esters is 1. The van der Waals surface area contributed by atoms with Gasteiger partial charge in [-0.05, 0) is 96.3 Å². The normalized spacial score (nSPS) is 35.2. The van der Waals surface area contributed by atoms with E-state index in [0.29, 0.717) is 23.3 Å². The Labute approximate surface area is 190 Å². The number of anilines is 1. The molecule has 5 rings (SSSR count). The van der Waals surface area contributed by atoms with Crippen LogP contribution in [-0.4, -0.2) is 42.7 Å². The molecule has 6 nitrogen and oxygen atoms in total. The summed E-state index contributed by atoms with van der Waals surface area (Å²) in [6, 6.07) is 3.58. The van der Waals surface area contributed by atoms with Crippen molar-refractivity contribution in [2.75, 3.05) is 25.0 Å². The van der Waals surface area contributed by atoms with Crippen LogP contribution in [-0.2, 0) is 14.3 Å². The molecule has 168 valence electrons. The van der Waals surface area contributed by atoms with Gasteiger partial charge in [0.15, 0.2) is 0 Å². The van der Waals surface area contributed by atoms with Crippen molar-refractivity contribution < 1.29 is 18.7 Å². The standard InChI is InChI=1S/C23H29BrFN3O3/c24-18-4-1-14(11-27-18)28-21(29)19-15-2-3-16(23(15)7-8-23)20(19)22(30)31-10-6-13-5-9-26-12-17(13)25/h1,4,11,13,15-17,19-20,26H,2-3,5-10,12H2,(H,28,29)/t13-,15-,16+,17-,19+,20+/m0/s1. The highest BCUT2D eigenvalue weighted by Crippen LogP contribution is 2.74. The molecule has 4 aliphatic rings. The van der Waals surface area contributed by atoms with Crippen LogP contribution >= 0.6 is 15.9 Å². The topological polar surface area (TPSA) is 80.3 Å². The third-order valence-corrected chi connectivity index (χ3v) is 8.66. The van der Waals surface area contributed by atoms with Crippen molar-refractivity contribution in [1.82, 2.24) is 10.3 Å². The van der Waals surface area contributed by atoms with E-state index in [1.54, 1.807) is 18.3 Å². The average molecular weight is 494 g/mol. The number of carbonyl (C=O) groups excluding carboxylic acids is 2. The molecule has 0 unspecified atom stereocenters. The number of nitrogens with one attached hydrogen (secondary N) is 2. The van der Waals surface area contributed by atoms with Crippen LogP contribution in [0, 0.1) is 35.0 Å². The van der Waals surface area contributed by atoms with E-state index < -0.39 is 6.17 Å². The predicted octanol–water partition coefficient (Wildman–Crippen LogP) is 3.72. The highest BCUT2D eigenvalue weighted by atomic mass is 79.9. The Bertz CT molecular complexity index is 847. The summed E-state index contributed by atoms with van der Waals surface area (Å²) >= 11 is 3.30. The van der Waals surface area contributed by atoms with Crippen molar-refractivity contribution in [2.24, 2.45) is 35.0 Å². The number of nitrogens with zero attached hydrogens (tertiary/aromatic N) is 1. The number of amides is 1. The van der Waals surface area contributed by atoms with Gasteiger partial charge in [-0.25, -0.2) is 9.37 Å². The summed E-state index contributed by atoms with van der Waals surface area (Å²) in [4.78, 5) is 30.6. The molecule has 0 aromatic carbocycles. The second kappa shape index (κ2) is 8.43. The highest BCUT2D eigenvalue weighted by Gasteiger charge is 2.72. The van der Waals surface area contributed by atoms with E-state index in [9.17, 15) is 14.0 Å². The molecule has 2 N–H and O–H groups in total. The van der Waals surface area contributed by atoms with E-state index in [0.717, 1.165) is 38.6 Å². The Morgan fingerprint density at radius 3 is 2.68 bits per heavy atom. The van der Waals surface area contributed by atoms with E-state index in [-0.39, 0.29) is 53.5 Å². The molecule has 6 atom stereocenters. The van der Waals surface area contributed by atoms with E-state index in [1.807, 2.05) is 0 Å². The molecule has 1 amide bonds. The van der Waals surface area contributed by atoms with Gasteiger partial charge in [0.2, 0.25) is 5.91 Å². The highest BCUT2D eigenvalue weighted by molar-refractivity contribution is 9.10. The van der Waals surface area contributed by atoms with Crippen molar-refractivity contribution in [1.29, 1.82) is 0 Å². The van der Waals surface area contributed by atoms with Crippen molar-refractivity contribution in [3.05, 3.63) is 22.9 Å². The Morgan fingerprint density at radius 2 is 2.00 bits per heavy atom. The van der Waals surface area contributed by atoms with Gasteiger partial charge in [-0.15, -0.1) is 0 Å². The predicted molar refractivity (Wildman–Crippen MR) is 117 cm³/mol. The summed E-state index contributed by atoms with van der Waals surface area (Å²) in [5.41, 5.74) is 0.788. The van der Waals surface area contributed by atoms with Crippen LogP contribution in [0.2, 0.25) is 0 Å². The molecule has 8 heteroatoms. The molecule has 2 bridgehead atoms. The summed E-state index contributed by atoms with van der Waals surface area (Å²) in [5.74, 6) is -0.699. The third kappa shape index (κ3) is 3.90. The first kappa shape index (κ1) is 21.3. The van der Waals surface area contributed by atoms with Crippen LogP contribution < -0.4 is 10.6 Å². The fraction of sp³-hybridized carbons (Fsp3) is 0.696. The number of carbonyl (C=O) groups is 2. The van der Waals surface area contributed by atoms with Gasteiger partial charge in [0.1, 0.15) is 10.8 Å². The summed E-state index contributed by atoms with van der Waals surface area (Å²) in [5, 5.41) is 6.02.